The van der Waals surface area contributed by atoms with Gasteiger partial charge in [-0.1, -0.05) is 30.3 Å². The van der Waals surface area contributed by atoms with E-state index in [1.807, 2.05) is 11.0 Å². The van der Waals surface area contributed by atoms with Gasteiger partial charge in [0.25, 0.3) is 5.91 Å². The van der Waals surface area contributed by atoms with E-state index in [1.54, 1.807) is 12.1 Å². The van der Waals surface area contributed by atoms with Gasteiger partial charge >= 0.3 is 6.36 Å². The van der Waals surface area contributed by atoms with E-state index in [0.717, 1.165) is 12.8 Å². The summed E-state index contributed by atoms with van der Waals surface area (Å²) in [6.07, 6.45) is -2.67. The number of benzene rings is 2. The highest BCUT2D eigenvalue weighted by atomic mass is 19.4. The predicted molar refractivity (Wildman–Crippen MR) is 107 cm³/mol. The second kappa shape index (κ2) is 8.42. The smallest absolute Gasteiger partial charge is 0.493 e. The Bertz CT molecular complexity index is 934. The van der Waals surface area contributed by atoms with E-state index in [1.165, 1.54) is 18.7 Å². The molecule has 8 heteroatoms. The molecule has 2 aromatic rings. The summed E-state index contributed by atoms with van der Waals surface area (Å²) in [5, 5.41) is 0. The van der Waals surface area contributed by atoms with Crippen molar-refractivity contribution in [2.75, 3.05) is 33.4 Å². The number of fused-ring (bicyclic) bond motifs is 1. The molecule has 0 bridgehead atoms. The van der Waals surface area contributed by atoms with Crippen LogP contribution in [0.5, 0.6) is 11.5 Å². The lowest BCUT2D eigenvalue weighted by atomic mass is 9.87. The molecule has 1 saturated heterocycles. The molecule has 0 radical (unpaired) electrons. The molecule has 1 saturated carbocycles. The maximum atomic E-state index is 13.0. The molecule has 31 heavy (non-hydrogen) atoms. The molecule has 1 heterocycles. The molecule has 2 atom stereocenters. The van der Waals surface area contributed by atoms with Crippen molar-refractivity contribution in [2.45, 2.75) is 24.6 Å². The first-order chi connectivity index (χ1) is 14.8. The molecule has 0 spiro atoms. The lowest BCUT2D eigenvalue weighted by molar-refractivity contribution is -0.325. The van der Waals surface area contributed by atoms with Crippen LogP contribution in [0.25, 0.3) is 0 Å². The van der Waals surface area contributed by atoms with Crippen molar-refractivity contribution in [2.24, 2.45) is 5.92 Å². The fraction of sp³-hybridized carbons (Fsp3) is 0.435. The third-order valence-corrected chi connectivity index (χ3v) is 6.15. The number of hydrogen-bond acceptors (Lipinski definition) is 4. The number of likely N-dealkylation sites (tertiary alicyclic amines) is 1. The van der Waals surface area contributed by atoms with Crippen molar-refractivity contribution in [1.82, 2.24) is 4.90 Å². The first-order valence-corrected chi connectivity index (χ1v) is 10.2. The average molecular weight is 435 g/mol. The molecule has 1 amide bonds. The zero-order valence-electron chi connectivity index (χ0n) is 17.2. The van der Waals surface area contributed by atoms with Crippen LogP contribution in [-0.2, 0) is 10.2 Å². The summed E-state index contributed by atoms with van der Waals surface area (Å²) >= 11 is 0. The fourth-order valence-corrected chi connectivity index (χ4v) is 4.48. The molecular formula is C23H24F3NO4. The SMILES string of the molecule is COc1cc(C(=O)N2CC[C@@]3(c4ccccc4)C[C@H]3C2)ccc1OCCOC(F)(F)F. The highest BCUT2D eigenvalue weighted by Gasteiger charge is 2.57. The number of halogens is 3. The monoisotopic (exact) mass is 435 g/mol. The lowest BCUT2D eigenvalue weighted by Crippen LogP contribution is -2.40. The molecular weight excluding hydrogens is 411 g/mol. The van der Waals surface area contributed by atoms with Gasteiger partial charge in [-0.2, -0.15) is 0 Å². The van der Waals surface area contributed by atoms with Crippen molar-refractivity contribution in [3.63, 3.8) is 0 Å². The first-order valence-electron chi connectivity index (χ1n) is 10.2. The first kappa shape index (κ1) is 21.5. The van der Waals surface area contributed by atoms with Crippen LogP contribution in [-0.4, -0.2) is 50.6 Å². The van der Waals surface area contributed by atoms with Crippen molar-refractivity contribution in [3.8, 4) is 11.5 Å². The van der Waals surface area contributed by atoms with Crippen LogP contribution < -0.4 is 9.47 Å². The van der Waals surface area contributed by atoms with Gasteiger partial charge in [-0.3, -0.25) is 9.53 Å². The number of rotatable bonds is 7. The van der Waals surface area contributed by atoms with Gasteiger partial charge in [0.1, 0.15) is 6.61 Å². The topological polar surface area (TPSA) is 48.0 Å². The number of nitrogens with zero attached hydrogens (tertiary/aromatic N) is 1. The number of piperidine rings is 1. The predicted octanol–water partition coefficient (Wildman–Crippen LogP) is 4.41. The van der Waals surface area contributed by atoms with Gasteiger partial charge in [-0.05, 0) is 42.5 Å². The van der Waals surface area contributed by atoms with E-state index in [9.17, 15) is 18.0 Å². The maximum absolute atomic E-state index is 13.0. The van der Waals surface area contributed by atoms with E-state index in [0.29, 0.717) is 30.3 Å². The van der Waals surface area contributed by atoms with Crippen molar-refractivity contribution in [3.05, 3.63) is 59.7 Å². The van der Waals surface area contributed by atoms with E-state index < -0.39 is 13.0 Å². The molecule has 1 aliphatic carbocycles. The molecule has 2 fully saturated rings. The summed E-state index contributed by atoms with van der Waals surface area (Å²) in [7, 11) is 1.42. The Kier molecular flexibility index (Phi) is 5.83. The van der Waals surface area contributed by atoms with Crippen LogP contribution >= 0.6 is 0 Å². The molecule has 4 rings (SSSR count). The summed E-state index contributed by atoms with van der Waals surface area (Å²) < 4.78 is 50.4. The minimum atomic E-state index is -4.70. The minimum Gasteiger partial charge on any atom is -0.493 e. The number of ether oxygens (including phenoxy) is 3. The van der Waals surface area contributed by atoms with E-state index in [2.05, 4.69) is 29.0 Å². The van der Waals surface area contributed by atoms with Crippen LogP contribution in [0, 0.1) is 5.92 Å². The van der Waals surface area contributed by atoms with E-state index in [-0.39, 0.29) is 23.7 Å². The summed E-state index contributed by atoms with van der Waals surface area (Å²) in [4.78, 5) is 14.9. The van der Waals surface area contributed by atoms with Gasteiger partial charge in [0.15, 0.2) is 11.5 Å². The van der Waals surface area contributed by atoms with Gasteiger partial charge < -0.3 is 14.4 Å². The van der Waals surface area contributed by atoms with E-state index >= 15 is 0 Å². The number of methoxy groups -OCH3 is 1. The van der Waals surface area contributed by atoms with Crippen LogP contribution in [0.4, 0.5) is 13.2 Å². The number of carbonyl (C=O) groups excluding carboxylic acids is 1. The van der Waals surface area contributed by atoms with Gasteiger partial charge in [-0.25, -0.2) is 0 Å². The van der Waals surface area contributed by atoms with Crippen molar-refractivity contribution in [1.29, 1.82) is 0 Å². The Morgan fingerprint density at radius 2 is 1.90 bits per heavy atom. The molecule has 0 aromatic heterocycles. The Hall–Kier alpha value is -2.74. The Morgan fingerprint density at radius 1 is 1.13 bits per heavy atom. The summed E-state index contributed by atoms with van der Waals surface area (Å²) in [5.74, 6) is 0.929. The Balaban J connectivity index is 1.37. The largest absolute Gasteiger partial charge is 0.522 e. The normalized spacial score (nSPS) is 22.6. The molecule has 1 aliphatic heterocycles. The Labute approximate surface area is 178 Å². The quantitative estimate of drug-likeness (QED) is 0.605. The summed E-state index contributed by atoms with van der Waals surface area (Å²) in [6.45, 7) is 0.465. The van der Waals surface area contributed by atoms with Gasteiger partial charge in [0, 0.05) is 24.1 Å². The third-order valence-electron chi connectivity index (χ3n) is 6.15. The third kappa shape index (κ3) is 4.63. The molecule has 166 valence electrons. The van der Waals surface area contributed by atoms with Gasteiger partial charge in [-0.15, -0.1) is 13.2 Å². The molecule has 5 nitrogen and oxygen atoms in total. The van der Waals surface area contributed by atoms with Crippen molar-refractivity contribution < 1.29 is 32.2 Å². The number of carbonyl (C=O) groups is 1. The lowest BCUT2D eigenvalue weighted by Gasteiger charge is -2.32. The zero-order chi connectivity index (χ0) is 22.1. The Morgan fingerprint density at radius 3 is 2.58 bits per heavy atom. The highest BCUT2D eigenvalue weighted by Crippen LogP contribution is 2.59. The molecule has 0 unspecified atom stereocenters. The minimum absolute atomic E-state index is 0.0844. The average Bonchev–Trinajstić information content (AvgIpc) is 3.51. The summed E-state index contributed by atoms with van der Waals surface area (Å²) in [6, 6.07) is 15.2. The fourth-order valence-electron chi connectivity index (χ4n) is 4.48. The van der Waals surface area contributed by atoms with Crippen LogP contribution in [0.2, 0.25) is 0 Å². The zero-order valence-corrected chi connectivity index (χ0v) is 17.2. The molecule has 2 aromatic carbocycles. The van der Waals surface area contributed by atoms with Crippen molar-refractivity contribution >= 4 is 5.91 Å². The number of hydrogen-bond donors (Lipinski definition) is 0. The maximum Gasteiger partial charge on any atom is 0.522 e. The number of amides is 1. The van der Waals surface area contributed by atoms with Crippen LogP contribution in [0.15, 0.2) is 48.5 Å². The van der Waals surface area contributed by atoms with Gasteiger partial charge in [0.05, 0.1) is 13.7 Å². The second-order valence-corrected chi connectivity index (χ2v) is 7.93. The molecule has 0 N–H and O–H groups in total. The second-order valence-electron chi connectivity index (χ2n) is 7.93. The van der Waals surface area contributed by atoms with Crippen LogP contribution in [0.3, 0.4) is 0 Å². The number of alkyl halides is 3. The van der Waals surface area contributed by atoms with Crippen LogP contribution in [0.1, 0.15) is 28.8 Å². The standard InChI is InChI=1S/C23H24F3NO4/c1-29-20-13-16(7-8-19(20)30-11-12-31-23(24,25)26)21(28)27-10-9-22(14-18(22)15-27)17-5-3-2-4-6-17/h2-8,13,18H,9-12,14-15H2,1H3/t18-,22-/m0/s1. The van der Waals surface area contributed by atoms with Gasteiger partial charge in [0.2, 0.25) is 0 Å². The highest BCUT2D eigenvalue weighted by molar-refractivity contribution is 5.95. The summed E-state index contributed by atoms with van der Waals surface area (Å²) in [5.41, 5.74) is 2.01. The molecule has 2 aliphatic rings. The van der Waals surface area contributed by atoms with E-state index in [4.69, 9.17) is 9.47 Å².